The van der Waals surface area contributed by atoms with E-state index in [9.17, 15) is 4.79 Å². The van der Waals surface area contributed by atoms with Crippen molar-refractivity contribution >= 4 is 17.7 Å². The van der Waals surface area contributed by atoms with Crippen molar-refractivity contribution < 1.29 is 4.79 Å². The molecule has 0 saturated heterocycles. The van der Waals surface area contributed by atoms with Crippen LogP contribution in [-0.2, 0) is 11.3 Å². The predicted molar refractivity (Wildman–Crippen MR) is 111 cm³/mol. The van der Waals surface area contributed by atoms with Crippen LogP contribution < -0.4 is 5.43 Å². The summed E-state index contributed by atoms with van der Waals surface area (Å²) in [6.45, 7) is 13.7. The van der Waals surface area contributed by atoms with Crippen LogP contribution in [0.5, 0.6) is 0 Å². The van der Waals surface area contributed by atoms with E-state index >= 15 is 0 Å². The molecule has 1 aliphatic heterocycles. The van der Waals surface area contributed by atoms with Gasteiger partial charge in [-0.2, -0.15) is 5.10 Å². The monoisotopic (exact) mass is 380 g/mol. The van der Waals surface area contributed by atoms with Crippen molar-refractivity contribution in [2.45, 2.75) is 47.1 Å². The van der Waals surface area contributed by atoms with Gasteiger partial charge in [-0.1, -0.05) is 27.7 Å². The molecule has 0 aliphatic carbocycles. The molecule has 0 saturated carbocycles. The first-order valence-electron chi connectivity index (χ1n) is 9.77. The highest BCUT2D eigenvalue weighted by atomic mass is 16.2. The van der Waals surface area contributed by atoms with Gasteiger partial charge in [0.1, 0.15) is 5.71 Å². The number of hydrogen-bond donors (Lipinski definition) is 2. The number of carbonyl (C=O) groups excluding carboxylic acids is 1. The minimum absolute atomic E-state index is 0.241. The van der Waals surface area contributed by atoms with Gasteiger partial charge in [0.2, 0.25) is 0 Å². The molecule has 0 aromatic carbocycles. The average Bonchev–Trinajstić information content (AvgIpc) is 3.20. The van der Waals surface area contributed by atoms with Gasteiger partial charge in [0.15, 0.2) is 5.82 Å². The van der Waals surface area contributed by atoms with E-state index in [2.05, 4.69) is 65.0 Å². The Morgan fingerprint density at radius 2 is 1.86 bits per heavy atom. The normalized spacial score (nSPS) is 15.6. The second-order valence-corrected chi connectivity index (χ2v) is 7.20. The van der Waals surface area contributed by atoms with Gasteiger partial charge in [-0.25, -0.2) is 15.4 Å². The third kappa shape index (κ3) is 3.89. The maximum atomic E-state index is 12.4. The lowest BCUT2D eigenvalue weighted by atomic mass is 9.95. The summed E-state index contributed by atoms with van der Waals surface area (Å²) in [5, 5.41) is 4.14. The molecular weight excluding hydrogens is 352 g/mol. The molecular formula is C21H28N6O. The highest BCUT2D eigenvalue weighted by Crippen LogP contribution is 2.30. The summed E-state index contributed by atoms with van der Waals surface area (Å²) in [6, 6.07) is 1.74. The second-order valence-electron chi connectivity index (χ2n) is 7.20. The lowest BCUT2D eigenvalue weighted by molar-refractivity contribution is -0.116. The van der Waals surface area contributed by atoms with Crippen LogP contribution in [0.3, 0.4) is 0 Å². The Kier molecular flexibility index (Phi) is 6.04. The van der Waals surface area contributed by atoms with Crippen LogP contribution in [0.1, 0.15) is 62.0 Å². The Hall–Kier alpha value is -2.80. The molecule has 0 bridgehead atoms. The third-order valence-corrected chi connectivity index (χ3v) is 5.08. The number of H-pyrrole nitrogens is 1. The Labute approximate surface area is 166 Å². The van der Waals surface area contributed by atoms with E-state index in [1.807, 2.05) is 6.08 Å². The number of hydrogen-bond acceptors (Lipinski definition) is 5. The van der Waals surface area contributed by atoms with Gasteiger partial charge in [0, 0.05) is 30.3 Å². The fraction of sp³-hybridized carbons (Fsp3) is 0.429. The van der Waals surface area contributed by atoms with E-state index in [-0.39, 0.29) is 5.91 Å². The molecule has 1 aliphatic rings. The molecule has 0 radical (unpaired) electrons. The van der Waals surface area contributed by atoms with E-state index in [0.29, 0.717) is 23.0 Å². The van der Waals surface area contributed by atoms with Crippen molar-refractivity contribution in [1.82, 2.24) is 25.3 Å². The molecule has 1 amide bonds. The van der Waals surface area contributed by atoms with Gasteiger partial charge in [-0.05, 0) is 49.2 Å². The van der Waals surface area contributed by atoms with Crippen LogP contribution in [0, 0.1) is 6.92 Å². The molecule has 3 rings (SSSR count). The fourth-order valence-corrected chi connectivity index (χ4v) is 3.56. The number of aromatic amines is 1. The number of aryl methyl sites for hydroxylation is 1. The van der Waals surface area contributed by atoms with Crippen LogP contribution in [0.2, 0.25) is 0 Å². The zero-order chi connectivity index (χ0) is 20.3. The second kappa shape index (κ2) is 8.48. The summed E-state index contributed by atoms with van der Waals surface area (Å²) >= 11 is 0. The molecule has 3 heterocycles. The van der Waals surface area contributed by atoms with Crippen LogP contribution in [0.25, 0.3) is 6.08 Å². The average molecular weight is 380 g/mol. The van der Waals surface area contributed by atoms with Gasteiger partial charge < -0.3 is 4.98 Å². The molecule has 0 atom stereocenters. The highest BCUT2D eigenvalue weighted by molar-refractivity contribution is 6.32. The smallest absolute Gasteiger partial charge is 0.273 e. The van der Waals surface area contributed by atoms with Gasteiger partial charge in [0.05, 0.1) is 5.57 Å². The van der Waals surface area contributed by atoms with Crippen molar-refractivity contribution in [3.05, 3.63) is 52.4 Å². The van der Waals surface area contributed by atoms with Gasteiger partial charge >= 0.3 is 0 Å². The van der Waals surface area contributed by atoms with E-state index in [1.165, 1.54) is 11.1 Å². The van der Waals surface area contributed by atoms with Gasteiger partial charge in [-0.15, -0.1) is 0 Å². The first-order valence-corrected chi connectivity index (χ1v) is 9.77. The molecule has 148 valence electrons. The first kappa shape index (κ1) is 19.9. The zero-order valence-corrected chi connectivity index (χ0v) is 17.2. The minimum atomic E-state index is -0.241. The largest absolute Gasteiger partial charge is 0.359 e. The molecule has 0 spiro atoms. The summed E-state index contributed by atoms with van der Waals surface area (Å²) in [6.07, 6.45) is 5.17. The Bertz CT molecular complexity index is 906. The topological polar surface area (TPSA) is 86.3 Å². The van der Waals surface area contributed by atoms with E-state index < -0.39 is 0 Å². The van der Waals surface area contributed by atoms with Crippen LogP contribution in [0.4, 0.5) is 0 Å². The first-order chi connectivity index (χ1) is 13.5. The van der Waals surface area contributed by atoms with E-state index in [0.717, 1.165) is 31.0 Å². The molecule has 2 aromatic heterocycles. The lowest BCUT2D eigenvalue weighted by Gasteiger charge is -2.20. The Morgan fingerprint density at radius 3 is 2.46 bits per heavy atom. The Balaban J connectivity index is 2.05. The van der Waals surface area contributed by atoms with Crippen molar-refractivity contribution in [2.75, 3.05) is 13.1 Å². The highest BCUT2D eigenvalue weighted by Gasteiger charge is 2.27. The van der Waals surface area contributed by atoms with Crippen molar-refractivity contribution in [3.63, 3.8) is 0 Å². The summed E-state index contributed by atoms with van der Waals surface area (Å²) in [5.41, 5.74) is 8.11. The van der Waals surface area contributed by atoms with Crippen LogP contribution in [0.15, 0.2) is 29.1 Å². The van der Waals surface area contributed by atoms with Gasteiger partial charge in [-0.3, -0.25) is 9.69 Å². The fourth-order valence-electron chi connectivity index (χ4n) is 3.56. The third-order valence-electron chi connectivity index (χ3n) is 5.08. The molecule has 7 heteroatoms. The number of nitrogens with zero attached hydrogens (tertiary/aromatic N) is 4. The summed E-state index contributed by atoms with van der Waals surface area (Å²) < 4.78 is 0. The predicted octanol–water partition coefficient (Wildman–Crippen LogP) is 3.00. The zero-order valence-electron chi connectivity index (χ0n) is 17.2. The minimum Gasteiger partial charge on any atom is -0.359 e. The molecule has 7 nitrogen and oxygen atoms in total. The lowest BCUT2D eigenvalue weighted by Crippen LogP contribution is -2.23. The van der Waals surface area contributed by atoms with Crippen molar-refractivity contribution in [2.24, 2.45) is 5.10 Å². The summed E-state index contributed by atoms with van der Waals surface area (Å²) in [5.74, 6) is 0.514. The van der Waals surface area contributed by atoms with Crippen molar-refractivity contribution in [3.8, 4) is 0 Å². The summed E-state index contributed by atoms with van der Waals surface area (Å²) in [7, 11) is 0. The Morgan fingerprint density at radius 1 is 1.18 bits per heavy atom. The van der Waals surface area contributed by atoms with Crippen LogP contribution >= 0.6 is 0 Å². The van der Waals surface area contributed by atoms with Crippen molar-refractivity contribution in [1.29, 1.82) is 0 Å². The number of hydrazone groups is 1. The maximum Gasteiger partial charge on any atom is 0.273 e. The quantitative estimate of drug-likeness (QED) is 0.723. The SMILES string of the molecule is CCN(CC)Cc1c(C)[nH]c(/C=C2/C(=O)NN=C2c2ncccn2)c1C(C)C. The molecule has 0 unspecified atom stereocenters. The van der Waals surface area contributed by atoms with Gasteiger partial charge in [0.25, 0.3) is 5.91 Å². The van der Waals surface area contributed by atoms with E-state index in [4.69, 9.17) is 0 Å². The molecule has 2 aromatic rings. The number of amides is 1. The number of carbonyl (C=O) groups is 1. The maximum absolute atomic E-state index is 12.4. The summed E-state index contributed by atoms with van der Waals surface area (Å²) in [4.78, 5) is 26.8. The molecule has 28 heavy (non-hydrogen) atoms. The van der Waals surface area contributed by atoms with E-state index in [1.54, 1.807) is 18.5 Å². The molecule has 0 fully saturated rings. The molecule has 2 N–H and O–H groups in total. The number of rotatable bonds is 7. The number of aromatic nitrogens is 3. The number of nitrogens with one attached hydrogen (secondary N) is 2. The van der Waals surface area contributed by atoms with Crippen LogP contribution in [-0.4, -0.2) is 44.6 Å². The standard InChI is InChI=1S/C21H28N6O/c1-6-27(7-2)12-16-14(5)24-17(18(16)13(3)4)11-15-19(25-26-21(15)28)20-22-9-8-10-23-20/h8-11,13,24H,6-7,12H2,1-5H3,(H,26,28)/b15-11+.